The fourth-order valence-electron chi connectivity index (χ4n) is 3.88. The van der Waals surface area contributed by atoms with Gasteiger partial charge in [0, 0.05) is 31.7 Å². The van der Waals surface area contributed by atoms with Crippen LogP contribution in [0, 0.1) is 0 Å². The van der Waals surface area contributed by atoms with Gasteiger partial charge in [-0.1, -0.05) is 56.3 Å². The van der Waals surface area contributed by atoms with Crippen LogP contribution in [0.4, 0.5) is 0 Å². The third-order valence-corrected chi connectivity index (χ3v) is 4.88. The average Bonchev–Trinajstić information content (AvgIpc) is 2.97. The highest BCUT2D eigenvalue weighted by molar-refractivity contribution is 5.86. The van der Waals surface area contributed by atoms with E-state index in [2.05, 4.69) is 71.8 Å². The number of nitrogens with one attached hydrogen (secondary N) is 2. The van der Waals surface area contributed by atoms with Gasteiger partial charge in [-0.05, 0) is 29.7 Å². The van der Waals surface area contributed by atoms with Gasteiger partial charge in [-0.3, -0.25) is 9.69 Å². The molecule has 0 aromatic heterocycles. The maximum atomic E-state index is 12.6. The minimum atomic E-state index is -0.0600. The van der Waals surface area contributed by atoms with Crippen molar-refractivity contribution in [3.63, 3.8) is 0 Å². The molecule has 1 fully saturated rings. The fourth-order valence-corrected chi connectivity index (χ4v) is 3.88. The molecule has 2 N–H and O–H groups in total. The van der Waals surface area contributed by atoms with E-state index in [9.17, 15) is 4.79 Å². The summed E-state index contributed by atoms with van der Waals surface area (Å²) in [5, 5.41) is 9.14. The van der Waals surface area contributed by atoms with Crippen molar-refractivity contribution in [2.24, 2.45) is 0 Å². The Bertz CT molecular complexity index is 723. The van der Waals surface area contributed by atoms with Gasteiger partial charge in [0.2, 0.25) is 5.91 Å². The van der Waals surface area contributed by atoms with E-state index < -0.39 is 0 Å². The smallest absolute Gasteiger partial charge is 0.237 e. The second-order valence-electron chi connectivity index (χ2n) is 7.23. The molecule has 0 spiro atoms. The van der Waals surface area contributed by atoms with Crippen LogP contribution in [-0.4, -0.2) is 42.0 Å². The molecule has 2 atom stereocenters. The number of likely N-dealkylation sites (N-methyl/N-ethyl adjacent to an activating group) is 1. The number of benzene rings is 2. The Hall–Kier alpha value is -1.91. The molecule has 2 aromatic carbocycles. The standard InChI is InChI=1S/C21H29N3O/c1-4-22-21(25)20-12-18(23-15(2)3)14-24(20)13-17-10-7-9-16-8-5-6-11-19(16)17/h5-11,15,18,20,23H,4,12-14H2,1-3H3,(H,22,25)/t18-,20-/m0/s1. The monoisotopic (exact) mass is 339 g/mol. The minimum absolute atomic E-state index is 0.0600. The van der Waals surface area contributed by atoms with Gasteiger partial charge >= 0.3 is 0 Å². The molecule has 1 heterocycles. The molecule has 4 nitrogen and oxygen atoms in total. The maximum absolute atomic E-state index is 12.6. The van der Waals surface area contributed by atoms with Crippen LogP contribution in [0.15, 0.2) is 42.5 Å². The van der Waals surface area contributed by atoms with Gasteiger partial charge in [-0.2, -0.15) is 0 Å². The molecule has 0 unspecified atom stereocenters. The van der Waals surface area contributed by atoms with Crippen molar-refractivity contribution in [3.8, 4) is 0 Å². The topological polar surface area (TPSA) is 44.4 Å². The summed E-state index contributed by atoms with van der Waals surface area (Å²) in [5.41, 5.74) is 1.29. The van der Waals surface area contributed by atoms with E-state index in [1.165, 1.54) is 16.3 Å². The summed E-state index contributed by atoms with van der Waals surface area (Å²) in [6.45, 7) is 8.69. The van der Waals surface area contributed by atoms with Gasteiger partial charge < -0.3 is 10.6 Å². The second-order valence-corrected chi connectivity index (χ2v) is 7.23. The first-order chi connectivity index (χ1) is 12.1. The number of likely N-dealkylation sites (tertiary alicyclic amines) is 1. The molecule has 0 bridgehead atoms. The lowest BCUT2D eigenvalue weighted by Gasteiger charge is -2.24. The van der Waals surface area contributed by atoms with E-state index in [0.29, 0.717) is 18.6 Å². The third kappa shape index (κ3) is 4.20. The molecule has 0 radical (unpaired) electrons. The Balaban J connectivity index is 1.83. The molecule has 1 aliphatic rings. The summed E-state index contributed by atoms with van der Waals surface area (Å²) >= 11 is 0. The van der Waals surface area contributed by atoms with Crippen molar-refractivity contribution < 1.29 is 4.79 Å². The van der Waals surface area contributed by atoms with Gasteiger partial charge in [0.25, 0.3) is 0 Å². The van der Waals surface area contributed by atoms with E-state index in [1.807, 2.05) is 6.92 Å². The van der Waals surface area contributed by atoms with Crippen molar-refractivity contribution in [3.05, 3.63) is 48.0 Å². The van der Waals surface area contributed by atoms with Crippen LogP contribution in [0.3, 0.4) is 0 Å². The minimum Gasteiger partial charge on any atom is -0.355 e. The first-order valence-electron chi connectivity index (χ1n) is 9.33. The van der Waals surface area contributed by atoms with Crippen LogP contribution in [0.2, 0.25) is 0 Å². The van der Waals surface area contributed by atoms with Crippen LogP contribution in [0.1, 0.15) is 32.8 Å². The largest absolute Gasteiger partial charge is 0.355 e. The number of carbonyl (C=O) groups excluding carboxylic acids is 1. The van der Waals surface area contributed by atoms with Gasteiger partial charge in [0.1, 0.15) is 0 Å². The predicted molar refractivity (Wildman–Crippen MR) is 104 cm³/mol. The Morgan fingerprint density at radius 3 is 2.72 bits per heavy atom. The van der Waals surface area contributed by atoms with Crippen molar-refractivity contribution in [2.75, 3.05) is 13.1 Å². The lowest BCUT2D eigenvalue weighted by atomic mass is 10.0. The average molecular weight is 339 g/mol. The molecule has 4 heteroatoms. The van der Waals surface area contributed by atoms with Crippen molar-refractivity contribution >= 4 is 16.7 Å². The Labute approximate surface area is 150 Å². The van der Waals surface area contributed by atoms with Gasteiger partial charge in [-0.25, -0.2) is 0 Å². The summed E-state index contributed by atoms with van der Waals surface area (Å²) in [7, 11) is 0. The number of hydrogen-bond acceptors (Lipinski definition) is 3. The van der Waals surface area contributed by atoms with Crippen LogP contribution in [0.25, 0.3) is 10.8 Å². The Kier molecular flexibility index (Phi) is 5.71. The number of rotatable bonds is 6. The number of nitrogens with zero attached hydrogens (tertiary/aromatic N) is 1. The van der Waals surface area contributed by atoms with Gasteiger partial charge in [-0.15, -0.1) is 0 Å². The zero-order valence-electron chi connectivity index (χ0n) is 15.5. The van der Waals surface area contributed by atoms with Crippen LogP contribution >= 0.6 is 0 Å². The molecule has 0 saturated carbocycles. The molecule has 1 aliphatic heterocycles. The molecule has 25 heavy (non-hydrogen) atoms. The quantitative estimate of drug-likeness (QED) is 0.850. The highest BCUT2D eigenvalue weighted by atomic mass is 16.2. The molecular weight excluding hydrogens is 310 g/mol. The fraction of sp³-hybridized carbons (Fsp3) is 0.476. The lowest BCUT2D eigenvalue weighted by molar-refractivity contribution is -0.125. The van der Waals surface area contributed by atoms with Crippen LogP contribution < -0.4 is 10.6 Å². The molecule has 2 aromatic rings. The summed E-state index contributed by atoms with van der Waals surface area (Å²) in [6, 6.07) is 15.6. The molecule has 134 valence electrons. The zero-order valence-corrected chi connectivity index (χ0v) is 15.5. The number of fused-ring (bicyclic) bond motifs is 1. The third-order valence-electron chi connectivity index (χ3n) is 4.88. The molecule has 1 amide bonds. The van der Waals surface area contributed by atoms with Crippen molar-refractivity contribution in [1.29, 1.82) is 0 Å². The van der Waals surface area contributed by atoms with Crippen LogP contribution in [0.5, 0.6) is 0 Å². The van der Waals surface area contributed by atoms with E-state index in [1.54, 1.807) is 0 Å². The predicted octanol–water partition coefficient (Wildman–Crippen LogP) is 2.92. The van der Waals surface area contributed by atoms with Gasteiger partial charge in [0.15, 0.2) is 0 Å². The van der Waals surface area contributed by atoms with Gasteiger partial charge in [0.05, 0.1) is 6.04 Å². The first-order valence-corrected chi connectivity index (χ1v) is 9.33. The summed E-state index contributed by atoms with van der Waals surface area (Å²) in [4.78, 5) is 14.9. The van der Waals surface area contributed by atoms with Crippen LogP contribution in [-0.2, 0) is 11.3 Å². The van der Waals surface area contributed by atoms with E-state index in [0.717, 1.165) is 19.5 Å². The summed E-state index contributed by atoms with van der Waals surface area (Å²) in [6.07, 6.45) is 0.870. The first kappa shape index (κ1) is 17.9. The van der Waals surface area contributed by atoms with E-state index in [-0.39, 0.29) is 11.9 Å². The molecule has 0 aliphatic carbocycles. The SMILES string of the molecule is CCNC(=O)[C@@H]1C[C@H](NC(C)C)CN1Cc1cccc2ccccc12. The maximum Gasteiger partial charge on any atom is 0.237 e. The summed E-state index contributed by atoms with van der Waals surface area (Å²) in [5.74, 6) is 0.149. The summed E-state index contributed by atoms with van der Waals surface area (Å²) < 4.78 is 0. The number of carbonyl (C=O) groups is 1. The number of hydrogen-bond donors (Lipinski definition) is 2. The lowest BCUT2D eigenvalue weighted by Crippen LogP contribution is -2.42. The number of amides is 1. The molecule has 3 rings (SSSR count). The second kappa shape index (κ2) is 7.98. The Morgan fingerprint density at radius 2 is 1.96 bits per heavy atom. The van der Waals surface area contributed by atoms with E-state index in [4.69, 9.17) is 0 Å². The zero-order chi connectivity index (χ0) is 17.8. The Morgan fingerprint density at radius 1 is 1.20 bits per heavy atom. The highest BCUT2D eigenvalue weighted by Gasteiger charge is 2.36. The molecule has 1 saturated heterocycles. The molecular formula is C21H29N3O. The van der Waals surface area contributed by atoms with E-state index >= 15 is 0 Å². The highest BCUT2D eigenvalue weighted by Crippen LogP contribution is 2.25. The normalized spacial score (nSPS) is 21.1. The van der Waals surface area contributed by atoms with Crippen molar-refractivity contribution in [2.45, 2.75) is 51.9 Å². The van der Waals surface area contributed by atoms with Crippen molar-refractivity contribution in [1.82, 2.24) is 15.5 Å².